The van der Waals surface area contributed by atoms with Crippen molar-refractivity contribution in [1.82, 2.24) is 14.6 Å². The maximum atomic E-state index is 14.8. The average Bonchev–Trinajstić information content (AvgIpc) is 2.96. The quantitative estimate of drug-likeness (QED) is 0.647. The number of alkyl halides is 1. The number of rotatable bonds is 1. The number of nitrogens with zero attached hydrogens (tertiary/aromatic N) is 4. The predicted octanol–water partition coefficient (Wildman–Crippen LogP) is 3.07. The zero-order chi connectivity index (χ0) is 18.7. The highest BCUT2D eigenvalue weighted by molar-refractivity contribution is 6.01. The van der Waals surface area contributed by atoms with Crippen LogP contribution >= 0.6 is 0 Å². The Kier molecular flexibility index (Phi) is 3.32. The van der Waals surface area contributed by atoms with Gasteiger partial charge in [0, 0.05) is 47.1 Å². The van der Waals surface area contributed by atoms with Crippen molar-refractivity contribution < 1.29 is 8.78 Å². The van der Waals surface area contributed by atoms with Crippen LogP contribution in [-0.2, 0) is 0 Å². The summed E-state index contributed by atoms with van der Waals surface area (Å²) in [6, 6.07) is 4.60. The lowest BCUT2D eigenvalue weighted by Gasteiger charge is -2.32. The number of aromatic nitrogens is 3. The lowest BCUT2D eigenvalue weighted by molar-refractivity contribution is 0.351. The Morgan fingerprint density at radius 2 is 1.96 bits per heavy atom. The molecule has 0 amide bonds. The van der Waals surface area contributed by atoms with Crippen molar-refractivity contribution in [3.05, 3.63) is 65.9 Å². The first-order chi connectivity index (χ1) is 13.1. The highest BCUT2D eigenvalue weighted by Crippen LogP contribution is 2.47. The molecule has 0 bridgehead atoms. The Hall–Kier alpha value is -3.26. The van der Waals surface area contributed by atoms with Crippen LogP contribution < -0.4 is 16.7 Å². The molecule has 2 unspecified atom stereocenters. The zero-order valence-electron chi connectivity index (χ0n) is 14.2. The molecule has 1 aliphatic carbocycles. The van der Waals surface area contributed by atoms with Crippen LogP contribution in [0.4, 0.5) is 14.6 Å². The van der Waals surface area contributed by atoms with E-state index < -0.39 is 18.0 Å². The van der Waals surface area contributed by atoms with Gasteiger partial charge in [-0.15, -0.1) is 0 Å². The molecule has 0 saturated heterocycles. The van der Waals surface area contributed by atoms with E-state index in [4.69, 9.17) is 11.7 Å². The molecule has 0 spiro atoms. The van der Waals surface area contributed by atoms with E-state index in [0.29, 0.717) is 22.4 Å². The molecular formula is C19H16F2N6. The van der Waals surface area contributed by atoms with Crippen LogP contribution in [0.15, 0.2) is 60.3 Å². The van der Waals surface area contributed by atoms with Crippen molar-refractivity contribution in [3.8, 4) is 11.1 Å². The third kappa shape index (κ3) is 2.13. The second-order valence-corrected chi connectivity index (χ2v) is 6.64. The van der Waals surface area contributed by atoms with Gasteiger partial charge in [0.2, 0.25) is 0 Å². The Morgan fingerprint density at radius 3 is 2.78 bits per heavy atom. The van der Waals surface area contributed by atoms with Crippen molar-refractivity contribution in [2.24, 2.45) is 5.84 Å². The predicted molar refractivity (Wildman–Crippen MR) is 99.3 cm³/mol. The van der Waals surface area contributed by atoms with E-state index in [2.05, 4.69) is 9.97 Å². The number of nitrogen functional groups attached to an aromatic ring is 1. The molecule has 0 radical (unpaired) electrons. The molecule has 4 heterocycles. The minimum Gasteiger partial charge on any atom is -0.338 e. The fourth-order valence-corrected chi connectivity index (χ4v) is 4.01. The van der Waals surface area contributed by atoms with E-state index in [0.717, 1.165) is 11.1 Å². The topological polar surface area (TPSA) is 86.0 Å². The Balaban J connectivity index is 1.91. The second kappa shape index (κ2) is 5.62. The van der Waals surface area contributed by atoms with Gasteiger partial charge in [-0.05, 0) is 29.8 Å². The fourth-order valence-electron chi connectivity index (χ4n) is 4.01. The third-order valence-corrected chi connectivity index (χ3v) is 5.15. The van der Waals surface area contributed by atoms with Crippen LogP contribution in [-0.4, -0.2) is 20.8 Å². The van der Waals surface area contributed by atoms with Crippen molar-refractivity contribution in [1.29, 1.82) is 0 Å². The van der Waals surface area contributed by atoms with E-state index in [-0.39, 0.29) is 12.0 Å². The zero-order valence-corrected chi connectivity index (χ0v) is 14.2. The van der Waals surface area contributed by atoms with Gasteiger partial charge < -0.3 is 5.84 Å². The lowest BCUT2D eigenvalue weighted by atomic mass is 9.90. The molecule has 3 aromatic rings. The first-order valence-corrected chi connectivity index (χ1v) is 8.52. The van der Waals surface area contributed by atoms with Gasteiger partial charge in [-0.1, -0.05) is 6.08 Å². The van der Waals surface area contributed by atoms with Gasteiger partial charge in [0.1, 0.15) is 18.0 Å². The highest BCUT2D eigenvalue weighted by Gasteiger charge is 2.38. The molecule has 4 N–H and O–H groups in total. The number of allylic oxidation sites excluding steroid dienone is 3. The van der Waals surface area contributed by atoms with Crippen LogP contribution in [0.25, 0.3) is 22.2 Å². The van der Waals surface area contributed by atoms with Gasteiger partial charge >= 0.3 is 0 Å². The molecule has 0 aromatic carbocycles. The number of hydrogen-bond acceptors (Lipinski definition) is 5. The Bertz CT molecular complexity index is 1130. The van der Waals surface area contributed by atoms with Crippen molar-refractivity contribution in [3.63, 3.8) is 0 Å². The lowest BCUT2D eigenvalue weighted by Crippen LogP contribution is -2.39. The number of hydrogen-bond donors (Lipinski definition) is 2. The van der Waals surface area contributed by atoms with Crippen molar-refractivity contribution in [2.45, 2.75) is 18.6 Å². The number of halogens is 2. The molecule has 27 heavy (non-hydrogen) atoms. The number of fused-ring (bicyclic) bond motifs is 2. The number of anilines is 1. The smallest absolute Gasteiger partial charge is 0.159 e. The number of nitrogens with two attached hydrogens (primary N) is 2. The normalized spacial score (nSPS) is 21.5. The van der Waals surface area contributed by atoms with Crippen LogP contribution in [0, 0.1) is 0 Å². The molecule has 0 fully saturated rings. The summed E-state index contributed by atoms with van der Waals surface area (Å²) >= 11 is 0. The molecule has 136 valence electrons. The highest BCUT2D eigenvalue weighted by atomic mass is 19.1. The maximum absolute atomic E-state index is 14.8. The Labute approximate surface area is 153 Å². The first-order valence-electron chi connectivity index (χ1n) is 8.52. The summed E-state index contributed by atoms with van der Waals surface area (Å²) in [5.74, 6) is 12.3. The molecule has 2 atom stereocenters. The summed E-state index contributed by atoms with van der Waals surface area (Å²) in [6.45, 7) is 0. The molecule has 2 aliphatic rings. The Morgan fingerprint density at radius 1 is 1.11 bits per heavy atom. The molecule has 1 aliphatic heterocycles. The van der Waals surface area contributed by atoms with E-state index >= 15 is 0 Å². The van der Waals surface area contributed by atoms with Crippen LogP contribution in [0.2, 0.25) is 0 Å². The molecule has 5 rings (SSSR count). The van der Waals surface area contributed by atoms with Gasteiger partial charge in [-0.3, -0.25) is 9.69 Å². The monoisotopic (exact) mass is 366 g/mol. The third-order valence-electron chi connectivity index (χ3n) is 5.15. The van der Waals surface area contributed by atoms with E-state index in [1.165, 1.54) is 21.8 Å². The standard InChI is InChI=1S/C19H16F2N6/c20-13-4-1-5-14(21)16(13)17-12-9-26(22)19-15(12)10(6-8-25-19)11-3-2-7-24-18(11)27(17)23/h1-4,6-9,14,17H,5,22-23H2. The van der Waals surface area contributed by atoms with Crippen LogP contribution in [0.5, 0.6) is 0 Å². The van der Waals surface area contributed by atoms with E-state index in [9.17, 15) is 8.78 Å². The summed E-state index contributed by atoms with van der Waals surface area (Å²) in [4.78, 5) is 8.73. The minimum absolute atomic E-state index is 0.0270. The van der Waals surface area contributed by atoms with Gasteiger partial charge in [0.05, 0.1) is 0 Å². The first kappa shape index (κ1) is 16.0. The summed E-state index contributed by atoms with van der Waals surface area (Å²) in [5.41, 5.74) is 2.66. The molecular weight excluding hydrogens is 350 g/mol. The van der Waals surface area contributed by atoms with Crippen LogP contribution in [0.3, 0.4) is 0 Å². The number of pyridine rings is 2. The largest absolute Gasteiger partial charge is 0.338 e. The molecule has 3 aromatic heterocycles. The maximum Gasteiger partial charge on any atom is 0.159 e. The van der Waals surface area contributed by atoms with Gasteiger partial charge in [0.15, 0.2) is 11.5 Å². The number of hydrazine groups is 1. The summed E-state index contributed by atoms with van der Waals surface area (Å²) in [5, 5.41) is 2.04. The molecule has 0 saturated carbocycles. The van der Waals surface area contributed by atoms with Crippen molar-refractivity contribution >= 4 is 16.9 Å². The fraction of sp³-hybridized carbons (Fsp3) is 0.158. The van der Waals surface area contributed by atoms with Crippen LogP contribution in [0.1, 0.15) is 18.0 Å². The van der Waals surface area contributed by atoms with Gasteiger partial charge in [-0.25, -0.2) is 24.6 Å². The van der Waals surface area contributed by atoms with Gasteiger partial charge in [-0.2, -0.15) is 0 Å². The second-order valence-electron chi connectivity index (χ2n) is 6.64. The van der Waals surface area contributed by atoms with Crippen molar-refractivity contribution in [2.75, 3.05) is 10.9 Å². The summed E-state index contributed by atoms with van der Waals surface area (Å²) in [7, 11) is 0. The minimum atomic E-state index is -1.49. The van der Waals surface area contributed by atoms with E-state index in [1.54, 1.807) is 24.7 Å². The SMILES string of the molecule is NN1c2ncccc2-c2ccnc3c2c(cn3N)C1C1=C(F)C=CCC1F. The summed E-state index contributed by atoms with van der Waals surface area (Å²) in [6.07, 6.45) is 6.23. The molecule has 6 nitrogen and oxygen atoms in total. The summed E-state index contributed by atoms with van der Waals surface area (Å²) < 4.78 is 30.9. The molecule has 8 heteroatoms. The van der Waals surface area contributed by atoms with Gasteiger partial charge in [0.25, 0.3) is 0 Å². The average molecular weight is 366 g/mol. The van der Waals surface area contributed by atoms with E-state index in [1.807, 2.05) is 12.1 Å².